The maximum absolute atomic E-state index is 12.8. The second-order valence-electron chi connectivity index (χ2n) is 6.41. The third-order valence-corrected chi connectivity index (χ3v) is 4.79. The number of hydrogen-bond donors (Lipinski definition) is 0. The van der Waals surface area contributed by atoms with E-state index in [-0.39, 0.29) is 11.9 Å². The van der Waals surface area contributed by atoms with Crippen molar-refractivity contribution in [2.24, 2.45) is 7.05 Å². The van der Waals surface area contributed by atoms with Crippen LogP contribution in [0.3, 0.4) is 0 Å². The van der Waals surface area contributed by atoms with Gasteiger partial charge in [-0.3, -0.25) is 9.48 Å². The van der Waals surface area contributed by atoms with E-state index in [1.165, 1.54) is 5.56 Å². The summed E-state index contributed by atoms with van der Waals surface area (Å²) in [7, 11) is 1.91. The standard InChI is InChI=1S/C18H21N3O2/c1-20-12-15(11-19-20)16-3-2-7-21(16)18(22)10-13-4-5-17-14(9-13)6-8-23-17/h4-5,9,11-12,16H,2-3,6-8,10H2,1H3/t16-/m1/s1. The lowest BCUT2D eigenvalue weighted by atomic mass is 10.0. The number of hydrogen-bond acceptors (Lipinski definition) is 3. The molecule has 4 rings (SSSR count). The number of carbonyl (C=O) groups is 1. The highest BCUT2D eigenvalue weighted by Crippen LogP contribution is 2.32. The highest BCUT2D eigenvalue weighted by atomic mass is 16.5. The Labute approximate surface area is 135 Å². The van der Waals surface area contributed by atoms with E-state index in [1.807, 2.05) is 36.5 Å². The van der Waals surface area contributed by atoms with Gasteiger partial charge in [0.1, 0.15) is 5.75 Å². The van der Waals surface area contributed by atoms with Crippen molar-refractivity contribution in [1.82, 2.24) is 14.7 Å². The molecule has 1 fully saturated rings. The molecule has 1 atom stereocenters. The summed E-state index contributed by atoms with van der Waals surface area (Å²) in [5.74, 6) is 1.17. The first-order valence-corrected chi connectivity index (χ1v) is 8.23. The van der Waals surface area contributed by atoms with Crippen LogP contribution in [-0.2, 0) is 24.7 Å². The molecule has 2 aromatic rings. The van der Waals surface area contributed by atoms with Crippen LogP contribution in [0, 0.1) is 0 Å². The zero-order valence-corrected chi connectivity index (χ0v) is 13.4. The molecule has 5 nitrogen and oxygen atoms in total. The number of nitrogens with zero attached hydrogens (tertiary/aromatic N) is 3. The van der Waals surface area contributed by atoms with E-state index in [4.69, 9.17) is 4.74 Å². The summed E-state index contributed by atoms with van der Waals surface area (Å²) in [6.45, 7) is 1.59. The van der Waals surface area contributed by atoms with E-state index in [0.717, 1.165) is 49.3 Å². The fourth-order valence-electron chi connectivity index (χ4n) is 3.65. The summed E-state index contributed by atoms with van der Waals surface area (Å²) >= 11 is 0. The maximum Gasteiger partial charge on any atom is 0.227 e. The van der Waals surface area contributed by atoms with Crippen molar-refractivity contribution >= 4 is 5.91 Å². The molecule has 5 heteroatoms. The minimum absolute atomic E-state index is 0.175. The molecule has 1 aromatic carbocycles. The Bertz CT molecular complexity index is 738. The summed E-state index contributed by atoms with van der Waals surface area (Å²) in [6, 6.07) is 6.30. The summed E-state index contributed by atoms with van der Waals surface area (Å²) < 4.78 is 7.33. The number of amides is 1. The van der Waals surface area contributed by atoms with Crippen LogP contribution in [0.4, 0.5) is 0 Å². The number of aromatic nitrogens is 2. The van der Waals surface area contributed by atoms with E-state index in [0.29, 0.717) is 6.42 Å². The van der Waals surface area contributed by atoms with Crippen molar-refractivity contribution in [3.8, 4) is 5.75 Å². The number of carbonyl (C=O) groups excluding carboxylic acids is 1. The molecule has 0 saturated carbocycles. The Kier molecular flexibility index (Phi) is 3.56. The van der Waals surface area contributed by atoms with Gasteiger partial charge in [0.15, 0.2) is 0 Å². The van der Waals surface area contributed by atoms with Gasteiger partial charge in [-0.1, -0.05) is 12.1 Å². The number of fused-ring (bicyclic) bond motifs is 1. The average Bonchev–Trinajstić information content (AvgIpc) is 3.26. The number of rotatable bonds is 3. The van der Waals surface area contributed by atoms with E-state index < -0.39 is 0 Å². The van der Waals surface area contributed by atoms with Crippen molar-refractivity contribution in [2.45, 2.75) is 31.7 Å². The Morgan fingerprint density at radius 1 is 1.43 bits per heavy atom. The summed E-state index contributed by atoms with van der Waals surface area (Å²) in [5.41, 5.74) is 3.44. The molecule has 0 N–H and O–H groups in total. The van der Waals surface area contributed by atoms with E-state index >= 15 is 0 Å². The van der Waals surface area contributed by atoms with Gasteiger partial charge in [-0.25, -0.2) is 0 Å². The molecule has 2 aliphatic rings. The van der Waals surface area contributed by atoms with Crippen LogP contribution < -0.4 is 4.74 Å². The molecular weight excluding hydrogens is 290 g/mol. The Morgan fingerprint density at radius 3 is 3.17 bits per heavy atom. The fraction of sp³-hybridized carbons (Fsp3) is 0.444. The first-order chi connectivity index (χ1) is 11.2. The molecular formula is C18H21N3O2. The van der Waals surface area contributed by atoms with Gasteiger partial charge in [-0.05, 0) is 30.0 Å². The molecule has 120 valence electrons. The SMILES string of the molecule is Cn1cc([C@H]2CCCN2C(=O)Cc2ccc3c(c2)CCO3)cn1. The minimum atomic E-state index is 0.175. The lowest BCUT2D eigenvalue weighted by molar-refractivity contribution is -0.131. The van der Waals surface area contributed by atoms with Crippen LogP contribution in [0.25, 0.3) is 0 Å². The highest BCUT2D eigenvalue weighted by Gasteiger charge is 2.30. The minimum Gasteiger partial charge on any atom is -0.493 e. The Balaban J connectivity index is 1.50. The van der Waals surface area contributed by atoms with Crippen molar-refractivity contribution < 1.29 is 9.53 Å². The lowest BCUT2D eigenvalue weighted by Crippen LogP contribution is -2.31. The molecule has 0 aliphatic carbocycles. The zero-order valence-electron chi connectivity index (χ0n) is 13.4. The van der Waals surface area contributed by atoms with Gasteiger partial charge in [0.25, 0.3) is 0 Å². The summed E-state index contributed by atoms with van der Waals surface area (Å²) in [6.07, 6.45) is 7.38. The van der Waals surface area contributed by atoms with Crippen LogP contribution in [-0.4, -0.2) is 33.7 Å². The van der Waals surface area contributed by atoms with E-state index in [9.17, 15) is 4.79 Å². The van der Waals surface area contributed by atoms with Crippen LogP contribution >= 0.6 is 0 Å². The monoisotopic (exact) mass is 311 g/mol. The van der Waals surface area contributed by atoms with E-state index in [1.54, 1.807) is 4.68 Å². The first-order valence-electron chi connectivity index (χ1n) is 8.23. The van der Waals surface area contributed by atoms with Crippen molar-refractivity contribution in [1.29, 1.82) is 0 Å². The molecule has 0 spiro atoms. The molecule has 0 bridgehead atoms. The van der Waals surface area contributed by atoms with Gasteiger partial charge in [0, 0.05) is 31.8 Å². The molecule has 0 unspecified atom stereocenters. The van der Waals surface area contributed by atoms with Crippen molar-refractivity contribution in [3.05, 3.63) is 47.3 Å². The van der Waals surface area contributed by atoms with Gasteiger partial charge in [0.05, 0.1) is 25.3 Å². The smallest absolute Gasteiger partial charge is 0.227 e. The molecule has 1 saturated heterocycles. The number of aryl methyl sites for hydroxylation is 1. The van der Waals surface area contributed by atoms with Crippen molar-refractivity contribution in [3.63, 3.8) is 0 Å². The van der Waals surface area contributed by atoms with Crippen LogP contribution in [0.15, 0.2) is 30.6 Å². The number of benzene rings is 1. The van der Waals surface area contributed by atoms with Gasteiger partial charge >= 0.3 is 0 Å². The predicted molar refractivity (Wildman–Crippen MR) is 86.2 cm³/mol. The quantitative estimate of drug-likeness (QED) is 0.873. The third kappa shape index (κ3) is 2.71. The summed E-state index contributed by atoms with van der Waals surface area (Å²) in [5, 5.41) is 4.24. The molecule has 1 amide bonds. The number of ether oxygens (including phenoxy) is 1. The second kappa shape index (κ2) is 5.72. The lowest BCUT2D eigenvalue weighted by Gasteiger charge is -2.24. The molecule has 3 heterocycles. The van der Waals surface area contributed by atoms with Gasteiger partial charge in [-0.2, -0.15) is 5.10 Å². The predicted octanol–water partition coefficient (Wildman–Crippen LogP) is 2.26. The average molecular weight is 311 g/mol. The van der Waals surface area contributed by atoms with Gasteiger partial charge < -0.3 is 9.64 Å². The molecule has 0 radical (unpaired) electrons. The summed E-state index contributed by atoms with van der Waals surface area (Å²) in [4.78, 5) is 14.8. The Hall–Kier alpha value is -2.30. The van der Waals surface area contributed by atoms with Crippen LogP contribution in [0.2, 0.25) is 0 Å². The Morgan fingerprint density at radius 2 is 2.35 bits per heavy atom. The normalized spacial score (nSPS) is 19.7. The van der Waals surface area contributed by atoms with E-state index in [2.05, 4.69) is 11.2 Å². The topological polar surface area (TPSA) is 47.4 Å². The van der Waals surface area contributed by atoms with Crippen molar-refractivity contribution in [2.75, 3.05) is 13.2 Å². The molecule has 23 heavy (non-hydrogen) atoms. The maximum atomic E-state index is 12.8. The van der Waals surface area contributed by atoms with Gasteiger partial charge in [-0.15, -0.1) is 0 Å². The second-order valence-corrected chi connectivity index (χ2v) is 6.41. The first kappa shape index (κ1) is 14.3. The zero-order chi connectivity index (χ0) is 15.8. The fourth-order valence-corrected chi connectivity index (χ4v) is 3.65. The van der Waals surface area contributed by atoms with Gasteiger partial charge in [0.2, 0.25) is 5.91 Å². The third-order valence-electron chi connectivity index (χ3n) is 4.79. The molecule has 1 aromatic heterocycles. The molecule has 2 aliphatic heterocycles. The number of likely N-dealkylation sites (tertiary alicyclic amines) is 1. The highest BCUT2D eigenvalue weighted by molar-refractivity contribution is 5.79. The largest absolute Gasteiger partial charge is 0.493 e. The van der Waals surface area contributed by atoms with Crippen LogP contribution in [0.5, 0.6) is 5.75 Å². The van der Waals surface area contributed by atoms with Crippen LogP contribution in [0.1, 0.15) is 35.6 Å².